The van der Waals surface area contributed by atoms with Gasteiger partial charge in [-0.15, -0.1) is 5.10 Å². The van der Waals surface area contributed by atoms with Crippen molar-refractivity contribution in [1.82, 2.24) is 19.9 Å². The molecule has 0 aliphatic heterocycles. The Labute approximate surface area is 131 Å². The van der Waals surface area contributed by atoms with E-state index in [2.05, 4.69) is 24.2 Å². The number of para-hydroxylation sites is 1. The van der Waals surface area contributed by atoms with E-state index in [4.69, 9.17) is 4.74 Å². The third-order valence-electron chi connectivity index (χ3n) is 2.96. The van der Waals surface area contributed by atoms with Crippen LogP contribution in [-0.2, 0) is 11.4 Å². The lowest BCUT2D eigenvalue weighted by atomic mass is 10.2. The Hall–Kier alpha value is -2.11. The average Bonchev–Trinajstić information content (AvgIpc) is 2.79. The highest BCUT2D eigenvalue weighted by molar-refractivity contribution is 5.74. The van der Waals surface area contributed by atoms with Crippen LogP contribution in [0.25, 0.3) is 11.0 Å². The smallest absolute Gasteiger partial charge is 0.411 e. The van der Waals surface area contributed by atoms with Crippen molar-refractivity contribution in [3.8, 4) is 0 Å². The summed E-state index contributed by atoms with van der Waals surface area (Å²) in [4.78, 5) is 14.1. The molecule has 0 radical (unpaired) electrons. The molecule has 0 bridgehead atoms. The number of fused-ring (bicyclic) bond motifs is 1. The molecule has 0 aliphatic carbocycles. The summed E-state index contributed by atoms with van der Waals surface area (Å²) in [6.45, 7) is 10.7. The van der Waals surface area contributed by atoms with Gasteiger partial charge in [-0.05, 0) is 38.8 Å². The second-order valence-corrected chi connectivity index (χ2v) is 6.82. The van der Waals surface area contributed by atoms with Crippen LogP contribution in [0.15, 0.2) is 24.3 Å². The van der Waals surface area contributed by atoms with Gasteiger partial charge < -0.3 is 4.74 Å². The van der Waals surface area contributed by atoms with E-state index < -0.39 is 5.60 Å². The van der Waals surface area contributed by atoms with E-state index in [1.165, 1.54) is 0 Å². The maximum absolute atomic E-state index is 12.4. The predicted octanol–water partition coefficient (Wildman–Crippen LogP) is 3.28. The minimum Gasteiger partial charge on any atom is -0.444 e. The fourth-order valence-electron chi connectivity index (χ4n) is 2.14. The van der Waals surface area contributed by atoms with Gasteiger partial charge in [-0.1, -0.05) is 31.2 Å². The Bertz CT molecular complexity index is 643. The van der Waals surface area contributed by atoms with Crippen LogP contribution in [-0.4, -0.2) is 38.1 Å². The monoisotopic (exact) mass is 304 g/mol. The number of benzene rings is 1. The summed E-state index contributed by atoms with van der Waals surface area (Å²) in [6, 6.07) is 7.70. The highest BCUT2D eigenvalue weighted by Gasteiger charge is 2.23. The van der Waals surface area contributed by atoms with Gasteiger partial charge >= 0.3 is 6.09 Å². The molecule has 0 saturated carbocycles. The summed E-state index contributed by atoms with van der Waals surface area (Å²) >= 11 is 0. The van der Waals surface area contributed by atoms with Gasteiger partial charge in [-0.3, -0.25) is 4.90 Å². The first kappa shape index (κ1) is 16.3. The summed E-state index contributed by atoms with van der Waals surface area (Å²) in [5, 5.41) is 8.26. The lowest BCUT2D eigenvalue weighted by molar-refractivity contribution is 0.0156. The maximum atomic E-state index is 12.4. The number of hydrogen-bond acceptors (Lipinski definition) is 4. The normalized spacial score (nSPS) is 11.9. The zero-order valence-corrected chi connectivity index (χ0v) is 13.9. The molecule has 0 N–H and O–H groups in total. The van der Waals surface area contributed by atoms with E-state index in [1.54, 1.807) is 9.58 Å². The fraction of sp³-hybridized carbons (Fsp3) is 0.562. The summed E-state index contributed by atoms with van der Waals surface area (Å²) in [5.41, 5.74) is 1.20. The van der Waals surface area contributed by atoms with Crippen molar-refractivity contribution < 1.29 is 9.53 Å². The van der Waals surface area contributed by atoms with Gasteiger partial charge in [0.15, 0.2) is 0 Å². The van der Waals surface area contributed by atoms with Crippen LogP contribution in [0.4, 0.5) is 4.79 Å². The number of rotatable bonds is 4. The van der Waals surface area contributed by atoms with Crippen LogP contribution < -0.4 is 0 Å². The molecule has 0 atom stereocenters. The number of amides is 1. The SMILES string of the molecule is CC(C)CN(Cn1nnc2ccccc21)C(=O)OC(C)(C)C. The molecule has 0 fully saturated rings. The van der Waals surface area contributed by atoms with Crippen LogP contribution in [0.2, 0.25) is 0 Å². The zero-order chi connectivity index (χ0) is 16.3. The lowest BCUT2D eigenvalue weighted by Crippen LogP contribution is -2.40. The largest absolute Gasteiger partial charge is 0.444 e. The number of aromatic nitrogens is 3. The zero-order valence-electron chi connectivity index (χ0n) is 13.9. The number of hydrogen-bond donors (Lipinski definition) is 0. The van der Waals surface area contributed by atoms with Crippen LogP contribution in [0.1, 0.15) is 34.6 Å². The van der Waals surface area contributed by atoms with Gasteiger partial charge in [0, 0.05) is 6.54 Å². The Kier molecular flexibility index (Phi) is 4.68. The lowest BCUT2D eigenvalue weighted by Gasteiger charge is -2.28. The van der Waals surface area contributed by atoms with E-state index in [1.807, 2.05) is 45.0 Å². The van der Waals surface area contributed by atoms with E-state index >= 15 is 0 Å². The molecule has 120 valence electrons. The molecule has 6 nitrogen and oxygen atoms in total. The number of carbonyl (C=O) groups is 1. The van der Waals surface area contributed by atoms with Crippen molar-refractivity contribution in [3.63, 3.8) is 0 Å². The van der Waals surface area contributed by atoms with Crippen molar-refractivity contribution in [1.29, 1.82) is 0 Å². The third kappa shape index (κ3) is 4.19. The molecular formula is C16H24N4O2. The van der Waals surface area contributed by atoms with Gasteiger partial charge in [0.05, 0.1) is 5.52 Å². The molecule has 1 amide bonds. The molecule has 0 saturated heterocycles. The Morgan fingerprint density at radius 2 is 2.00 bits per heavy atom. The first-order valence-electron chi connectivity index (χ1n) is 7.52. The van der Waals surface area contributed by atoms with Crippen molar-refractivity contribution in [3.05, 3.63) is 24.3 Å². The minimum atomic E-state index is -0.517. The van der Waals surface area contributed by atoms with Gasteiger partial charge in [0.2, 0.25) is 0 Å². The van der Waals surface area contributed by atoms with Crippen molar-refractivity contribution in [2.75, 3.05) is 6.54 Å². The molecule has 6 heteroatoms. The van der Waals surface area contributed by atoms with Gasteiger partial charge in [0.25, 0.3) is 0 Å². The second-order valence-electron chi connectivity index (χ2n) is 6.82. The molecule has 22 heavy (non-hydrogen) atoms. The standard InChI is InChI=1S/C16H24N4O2/c1-12(2)10-19(15(21)22-16(3,4)5)11-20-14-9-7-6-8-13(14)17-18-20/h6-9,12H,10-11H2,1-5H3. The number of carbonyl (C=O) groups excluding carboxylic acids is 1. The maximum Gasteiger partial charge on any atom is 0.411 e. The van der Waals surface area contributed by atoms with E-state index in [0.717, 1.165) is 11.0 Å². The Morgan fingerprint density at radius 3 is 2.64 bits per heavy atom. The number of ether oxygens (including phenoxy) is 1. The van der Waals surface area contributed by atoms with Crippen LogP contribution in [0.3, 0.4) is 0 Å². The predicted molar refractivity (Wildman–Crippen MR) is 85.3 cm³/mol. The first-order chi connectivity index (χ1) is 10.3. The highest BCUT2D eigenvalue weighted by atomic mass is 16.6. The van der Waals surface area contributed by atoms with E-state index in [-0.39, 0.29) is 6.09 Å². The highest BCUT2D eigenvalue weighted by Crippen LogP contribution is 2.14. The second kappa shape index (κ2) is 6.34. The summed E-state index contributed by atoms with van der Waals surface area (Å²) in [5.74, 6) is 0.335. The molecule has 1 aromatic heterocycles. The number of nitrogens with zero attached hydrogens (tertiary/aromatic N) is 4. The van der Waals surface area contributed by atoms with Crippen molar-refractivity contribution in [2.24, 2.45) is 5.92 Å². The molecule has 2 aromatic rings. The Morgan fingerprint density at radius 1 is 1.32 bits per heavy atom. The van der Waals surface area contributed by atoms with Crippen molar-refractivity contribution in [2.45, 2.75) is 46.9 Å². The molecule has 0 unspecified atom stereocenters. The van der Waals surface area contributed by atoms with Crippen LogP contribution in [0, 0.1) is 5.92 Å². The van der Waals surface area contributed by atoms with E-state index in [9.17, 15) is 4.79 Å². The van der Waals surface area contributed by atoms with Gasteiger partial charge in [0.1, 0.15) is 17.8 Å². The van der Waals surface area contributed by atoms with Crippen LogP contribution >= 0.6 is 0 Å². The quantitative estimate of drug-likeness (QED) is 0.869. The summed E-state index contributed by atoms with van der Waals surface area (Å²) in [6.07, 6.45) is -0.333. The molecule has 2 rings (SSSR count). The van der Waals surface area contributed by atoms with Gasteiger partial charge in [-0.25, -0.2) is 9.48 Å². The fourth-order valence-corrected chi connectivity index (χ4v) is 2.14. The first-order valence-corrected chi connectivity index (χ1v) is 7.52. The minimum absolute atomic E-state index is 0.327. The Balaban J connectivity index is 2.21. The van der Waals surface area contributed by atoms with Crippen LogP contribution in [0.5, 0.6) is 0 Å². The van der Waals surface area contributed by atoms with E-state index in [0.29, 0.717) is 19.1 Å². The topological polar surface area (TPSA) is 60.2 Å². The molecule has 1 heterocycles. The summed E-state index contributed by atoms with van der Waals surface area (Å²) < 4.78 is 7.21. The summed E-state index contributed by atoms with van der Waals surface area (Å²) in [7, 11) is 0. The molecule has 1 aromatic carbocycles. The third-order valence-corrected chi connectivity index (χ3v) is 2.96. The van der Waals surface area contributed by atoms with Crippen molar-refractivity contribution >= 4 is 17.1 Å². The molecule has 0 aliphatic rings. The van der Waals surface area contributed by atoms with Gasteiger partial charge in [-0.2, -0.15) is 0 Å². The average molecular weight is 304 g/mol. The molecule has 0 spiro atoms. The molecular weight excluding hydrogens is 280 g/mol.